The number of likely N-dealkylation sites (N-methyl/N-ethyl adjacent to an activating group) is 1. The van der Waals surface area contributed by atoms with Crippen molar-refractivity contribution in [1.29, 1.82) is 0 Å². The summed E-state index contributed by atoms with van der Waals surface area (Å²) in [6, 6.07) is 0.272. The monoisotopic (exact) mass is 561 g/mol. The molecule has 39 heavy (non-hydrogen) atoms. The van der Waals surface area contributed by atoms with Gasteiger partial charge in [-0.3, -0.25) is 33.8 Å². The number of primary amides is 1. The number of rotatable bonds is 6. The Kier molecular flexibility index (Phi) is 7.34. The number of aromatic hydroxyl groups is 1. The molecule has 2 saturated carbocycles. The number of fused-ring (bicyclic) bond motifs is 3. The molecule has 1 aromatic rings. The number of carbonyl (C=O) groups is 5. The standard InChI is InChI=1S/C28H36ClN3O7/c1-7-27(2,3)32(6)11-13-10-16(33)18-14(20(13)29)8-12-9-15-21(31(4)5)23(35)19(26(30)38)25(37)28(15,39)24(36)17(12)22(18)34/h10,12,15,17,19,21,33,39H,7-9,11H2,1-6H3,(H2,30,38)/t12-,15-,17?,19?,21-,28?/m0/s1. The molecule has 0 heterocycles. The van der Waals surface area contributed by atoms with E-state index in [1.165, 1.54) is 11.0 Å². The van der Waals surface area contributed by atoms with Crippen LogP contribution < -0.4 is 5.73 Å². The quantitative estimate of drug-likeness (QED) is 0.433. The molecular weight excluding hydrogens is 526 g/mol. The van der Waals surface area contributed by atoms with Crippen molar-refractivity contribution in [2.24, 2.45) is 29.4 Å². The van der Waals surface area contributed by atoms with Gasteiger partial charge in [-0.05, 0) is 77.4 Å². The molecule has 4 N–H and O–H groups in total. The van der Waals surface area contributed by atoms with E-state index in [1.807, 2.05) is 7.05 Å². The van der Waals surface area contributed by atoms with E-state index in [4.69, 9.17) is 17.3 Å². The number of aliphatic hydroxyl groups is 1. The molecule has 0 aliphatic heterocycles. The van der Waals surface area contributed by atoms with Gasteiger partial charge in [0.05, 0.1) is 17.5 Å². The van der Waals surface area contributed by atoms with Crippen molar-refractivity contribution in [3.05, 3.63) is 27.8 Å². The minimum atomic E-state index is -2.75. The lowest BCUT2D eigenvalue weighted by atomic mass is 9.52. The summed E-state index contributed by atoms with van der Waals surface area (Å²) in [6.45, 7) is 6.64. The molecule has 0 aromatic heterocycles. The summed E-state index contributed by atoms with van der Waals surface area (Å²) < 4.78 is 0. The number of halogens is 1. The molecule has 0 spiro atoms. The Labute approximate surface area is 232 Å². The number of phenols is 1. The first-order valence-electron chi connectivity index (χ1n) is 13.1. The van der Waals surface area contributed by atoms with Crippen molar-refractivity contribution in [2.45, 2.75) is 63.8 Å². The van der Waals surface area contributed by atoms with E-state index in [9.17, 15) is 34.2 Å². The van der Waals surface area contributed by atoms with Gasteiger partial charge in [-0.1, -0.05) is 18.5 Å². The first kappa shape index (κ1) is 29.3. The fraction of sp³-hybridized carbons (Fsp3) is 0.607. The van der Waals surface area contributed by atoms with Crippen LogP contribution in [0.1, 0.15) is 55.1 Å². The minimum absolute atomic E-state index is 0.0199. The summed E-state index contributed by atoms with van der Waals surface area (Å²) in [6.07, 6.45) is 0.981. The lowest BCUT2D eigenvalue weighted by Crippen LogP contribution is -2.74. The van der Waals surface area contributed by atoms with E-state index in [2.05, 4.69) is 25.7 Å². The highest BCUT2D eigenvalue weighted by Crippen LogP contribution is 2.51. The minimum Gasteiger partial charge on any atom is -0.507 e. The highest BCUT2D eigenvalue weighted by molar-refractivity contribution is 6.34. The lowest BCUT2D eigenvalue weighted by molar-refractivity contribution is -0.181. The third-order valence-corrected chi connectivity index (χ3v) is 9.85. The third kappa shape index (κ3) is 4.23. The zero-order chi connectivity index (χ0) is 29.4. The smallest absolute Gasteiger partial charge is 0.235 e. The van der Waals surface area contributed by atoms with E-state index in [0.717, 1.165) is 6.42 Å². The van der Waals surface area contributed by atoms with Gasteiger partial charge in [-0.25, -0.2) is 0 Å². The molecule has 2 fully saturated rings. The third-order valence-electron chi connectivity index (χ3n) is 9.38. The van der Waals surface area contributed by atoms with Gasteiger partial charge in [-0.15, -0.1) is 0 Å². The van der Waals surface area contributed by atoms with Crippen molar-refractivity contribution < 1.29 is 34.2 Å². The maximum atomic E-state index is 13.8. The molecule has 4 rings (SSSR count). The summed E-state index contributed by atoms with van der Waals surface area (Å²) in [5.74, 6) is -10.8. The van der Waals surface area contributed by atoms with E-state index < -0.39 is 64.4 Å². The van der Waals surface area contributed by atoms with Gasteiger partial charge >= 0.3 is 0 Å². The van der Waals surface area contributed by atoms with Crippen molar-refractivity contribution in [3.8, 4) is 5.75 Å². The predicted molar refractivity (Wildman–Crippen MR) is 142 cm³/mol. The molecule has 212 valence electrons. The number of Topliss-reactive ketones (excluding diaryl/α,β-unsaturated/α-hetero) is 4. The molecule has 1 aromatic carbocycles. The second-order valence-corrected chi connectivity index (χ2v) is 12.4. The number of nitrogens with two attached hydrogens (primary N) is 1. The van der Waals surface area contributed by atoms with Crippen LogP contribution >= 0.6 is 11.6 Å². The average Bonchev–Trinajstić information content (AvgIpc) is 2.83. The second kappa shape index (κ2) is 9.76. The van der Waals surface area contributed by atoms with Gasteiger partial charge in [0.1, 0.15) is 5.75 Å². The van der Waals surface area contributed by atoms with Gasteiger partial charge in [0, 0.05) is 23.0 Å². The van der Waals surface area contributed by atoms with E-state index in [1.54, 1.807) is 14.1 Å². The number of benzene rings is 1. The Hall–Kier alpha value is -2.66. The molecule has 1 amide bonds. The number of hydrogen-bond donors (Lipinski definition) is 3. The number of amides is 1. The molecule has 0 radical (unpaired) electrons. The van der Waals surface area contributed by atoms with Gasteiger partial charge in [0.2, 0.25) is 5.91 Å². The lowest BCUT2D eigenvalue weighted by Gasteiger charge is -2.52. The number of hydrogen-bond acceptors (Lipinski definition) is 9. The van der Waals surface area contributed by atoms with Crippen LogP contribution in [0.3, 0.4) is 0 Å². The van der Waals surface area contributed by atoms with E-state index >= 15 is 0 Å². The number of phenolic OH excluding ortho intramolecular Hbond substituents is 1. The van der Waals surface area contributed by atoms with Crippen LogP contribution in [-0.2, 0) is 32.1 Å². The molecular formula is C28H36ClN3O7. The maximum absolute atomic E-state index is 13.8. The van der Waals surface area contributed by atoms with Crippen LogP contribution in [0.25, 0.3) is 0 Å². The van der Waals surface area contributed by atoms with Crippen LogP contribution in [-0.4, -0.2) is 87.4 Å². The van der Waals surface area contributed by atoms with Crippen LogP contribution in [0.5, 0.6) is 5.75 Å². The summed E-state index contributed by atoms with van der Waals surface area (Å²) >= 11 is 6.82. The SMILES string of the molecule is CCC(C)(C)N(C)Cc1cc(O)c2c(c1Cl)C[C@H]1C[C@H]3[C@H](N(C)C)C(=O)C(C(N)=O)C(=O)C3(O)C(=O)C1C2=O. The maximum Gasteiger partial charge on any atom is 0.235 e. The highest BCUT2D eigenvalue weighted by Gasteiger charge is 2.69. The zero-order valence-corrected chi connectivity index (χ0v) is 23.8. The van der Waals surface area contributed by atoms with E-state index in [-0.39, 0.29) is 29.7 Å². The van der Waals surface area contributed by atoms with E-state index in [0.29, 0.717) is 22.7 Å². The fourth-order valence-electron chi connectivity index (χ4n) is 6.56. The van der Waals surface area contributed by atoms with Gasteiger partial charge in [0.25, 0.3) is 0 Å². The number of nitrogens with zero attached hydrogens (tertiary/aromatic N) is 2. The first-order valence-corrected chi connectivity index (χ1v) is 13.5. The number of carbonyl (C=O) groups excluding carboxylic acids is 5. The second-order valence-electron chi connectivity index (χ2n) is 12.0. The fourth-order valence-corrected chi connectivity index (χ4v) is 6.85. The summed E-state index contributed by atoms with van der Waals surface area (Å²) in [7, 11) is 5.03. The average molecular weight is 562 g/mol. The molecule has 3 aliphatic rings. The largest absolute Gasteiger partial charge is 0.507 e. The van der Waals surface area contributed by atoms with Crippen molar-refractivity contribution in [1.82, 2.24) is 9.80 Å². The van der Waals surface area contributed by atoms with Gasteiger partial charge in [-0.2, -0.15) is 0 Å². The van der Waals surface area contributed by atoms with Gasteiger partial charge < -0.3 is 15.9 Å². The highest BCUT2D eigenvalue weighted by atomic mass is 35.5. The summed E-state index contributed by atoms with van der Waals surface area (Å²) in [5.41, 5.74) is 3.37. The summed E-state index contributed by atoms with van der Waals surface area (Å²) in [4.78, 5) is 69.7. The Bertz CT molecular complexity index is 1290. The van der Waals surface area contributed by atoms with Gasteiger partial charge in [0.15, 0.2) is 34.7 Å². The Morgan fingerprint density at radius 2 is 1.79 bits per heavy atom. The van der Waals surface area contributed by atoms with Crippen LogP contribution in [0.4, 0.5) is 0 Å². The Balaban J connectivity index is 1.81. The molecule has 11 heteroatoms. The van der Waals surface area contributed by atoms with Crippen LogP contribution in [0, 0.1) is 23.7 Å². The molecule has 6 atom stereocenters. The molecule has 3 unspecified atom stereocenters. The van der Waals surface area contributed by atoms with Crippen molar-refractivity contribution in [2.75, 3.05) is 21.1 Å². The summed E-state index contributed by atoms with van der Waals surface area (Å²) in [5, 5.41) is 22.9. The zero-order valence-electron chi connectivity index (χ0n) is 23.1. The Morgan fingerprint density at radius 3 is 2.33 bits per heavy atom. The van der Waals surface area contributed by atoms with Crippen molar-refractivity contribution in [3.63, 3.8) is 0 Å². The number of ketones is 4. The molecule has 10 nitrogen and oxygen atoms in total. The Morgan fingerprint density at radius 1 is 1.18 bits per heavy atom. The molecule has 0 bridgehead atoms. The molecule has 0 saturated heterocycles. The predicted octanol–water partition coefficient (Wildman–Crippen LogP) is 1.14. The normalized spacial score (nSPS) is 30.9. The van der Waals surface area contributed by atoms with Crippen LogP contribution in [0.2, 0.25) is 5.02 Å². The van der Waals surface area contributed by atoms with Crippen molar-refractivity contribution >= 4 is 40.6 Å². The molecule has 3 aliphatic carbocycles. The first-order chi connectivity index (χ1) is 18.0. The topological polar surface area (TPSA) is 158 Å². The van der Waals surface area contributed by atoms with Crippen LogP contribution in [0.15, 0.2) is 6.07 Å².